The molecule has 0 spiro atoms. The lowest BCUT2D eigenvalue weighted by Crippen LogP contribution is -2.63. The number of Topliss-reactive ketones (excluding diaryl/α,β-unsaturated/α-hetero) is 2. The number of benzene rings is 3. The van der Waals surface area contributed by atoms with Crippen molar-refractivity contribution in [1.82, 2.24) is 20.4 Å². The summed E-state index contributed by atoms with van der Waals surface area (Å²) >= 11 is 1.30. The number of ketones is 2. The van der Waals surface area contributed by atoms with E-state index in [0.29, 0.717) is 67.0 Å². The van der Waals surface area contributed by atoms with E-state index >= 15 is 0 Å². The Morgan fingerprint density at radius 2 is 1.70 bits per heavy atom. The van der Waals surface area contributed by atoms with Crippen molar-refractivity contribution in [3.05, 3.63) is 94.0 Å². The molecule has 8 atom stereocenters. The number of hydrogen-bond donors (Lipinski definition) is 5. The number of nitrogens with one attached hydrogen (secondary N) is 3. The number of esters is 1. The number of amides is 4. The number of likely N-dealkylation sites (tertiary alicyclic amines) is 1. The topological polar surface area (TPSA) is 291 Å². The highest BCUT2D eigenvalue weighted by molar-refractivity contribution is 8.03. The van der Waals surface area contributed by atoms with Gasteiger partial charge in [0.1, 0.15) is 29.3 Å². The fraction of sp³-hybridized carbons (Fsp3) is 0.509. The molecule has 0 radical (unpaired) electrons. The number of aryl methyl sites for hydroxylation is 1. The third-order valence-corrected chi connectivity index (χ3v) is 18.3. The molecule has 3 saturated heterocycles. The van der Waals surface area contributed by atoms with Gasteiger partial charge in [0, 0.05) is 52.4 Å². The predicted octanol–water partition coefficient (Wildman–Crippen LogP) is 4.66. The first-order chi connectivity index (χ1) is 38.0. The highest BCUT2D eigenvalue weighted by Gasteiger charge is 2.60. The zero-order valence-electron chi connectivity index (χ0n) is 46.0. The van der Waals surface area contributed by atoms with Gasteiger partial charge in [0.2, 0.25) is 17.6 Å². The van der Waals surface area contributed by atoms with E-state index in [1.54, 1.807) is 50.2 Å². The van der Waals surface area contributed by atoms with Crippen molar-refractivity contribution in [2.24, 2.45) is 17.3 Å². The van der Waals surface area contributed by atoms with Gasteiger partial charge in [-0.2, -0.15) is 0 Å². The van der Waals surface area contributed by atoms with Gasteiger partial charge in [0.05, 0.1) is 44.1 Å². The number of β-lactam (4-membered cyclic amide) rings is 1. The van der Waals surface area contributed by atoms with E-state index in [1.807, 2.05) is 26.0 Å². The van der Waals surface area contributed by atoms with Gasteiger partial charge in [-0.25, -0.2) is 18.0 Å². The van der Waals surface area contributed by atoms with Crippen molar-refractivity contribution in [2.45, 2.75) is 115 Å². The van der Waals surface area contributed by atoms with E-state index in [1.165, 1.54) is 60.9 Å². The number of fused-ring (bicyclic) bond motifs is 1. The second-order valence-corrected chi connectivity index (χ2v) is 24.8. The van der Waals surface area contributed by atoms with Crippen molar-refractivity contribution in [2.75, 3.05) is 57.3 Å². The van der Waals surface area contributed by atoms with Crippen molar-refractivity contribution >= 4 is 74.4 Å². The van der Waals surface area contributed by atoms with Gasteiger partial charge in [-0.15, -0.1) is 11.8 Å². The number of nitrogens with zero attached hydrogens (tertiary/aromatic N) is 2. The molecule has 0 bridgehead atoms. The number of carboxylic acids is 1. The molecule has 0 saturated carbocycles. The number of sulfone groups is 1. The minimum absolute atomic E-state index is 0.0314. The van der Waals surface area contributed by atoms with Gasteiger partial charge < -0.3 is 54.9 Å². The molecule has 3 fully saturated rings. The van der Waals surface area contributed by atoms with Gasteiger partial charge in [0.15, 0.2) is 33.7 Å². The maximum atomic E-state index is 14.1. The van der Waals surface area contributed by atoms with Crippen molar-refractivity contribution in [3.63, 3.8) is 0 Å². The average Bonchev–Trinajstić information content (AvgIpc) is 4.18. The number of carboxylic acid groups (broad SMARTS) is 1. The SMILES string of the molecule is CCC(C)(C)C(=O)C(=O)N1CCCC[C@H]1C(=O)O[C@H](CCc1ccc(OC)c(OC)c1)c1cccc(OCC(=O)NCCS(=O)(=O)CC(=O)c2cccc(NC(=O)[C@@H]3C[C@H](SC4=C(C(=O)O)N5C(=O)[C@H]([C@@H](C)O)[C@H]5[C@H]4C)CN3)c2)c1. The van der Waals surface area contributed by atoms with E-state index < -0.39 is 117 Å². The molecule has 80 heavy (non-hydrogen) atoms. The first-order valence-corrected chi connectivity index (χ1v) is 29.5. The molecular formula is C57H71N5O16S2. The van der Waals surface area contributed by atoms with Crippen LogP contribution in [-0.4, -0.2) is 157 Å². The first kappa shape index (κ1) is 60.8. The number of methoxy groups -OCH3 is 2. The van der Waals surface area contributed by atoms with Gasteiger partial charge in [-0.05, 0) is 99.4 Å². The van der Waals surface area contributed by atoms with Gasteiger partial charge in [0.25, 0.3) is 11.8 Å². The lowest BCUT2D eigenvalue weighted by atomic mass is 9.79. The maximum absolute atomic E-state index is 14.1. The van der Waals surface area contributed by atoms with Crippen LogP contribution in [0.15, 0.2) is 77.3 Å². The predicted molar refractivity (Wildman–Crippen MR) is 296 cm³/mol. The molecule has 0 aliphatic carbocycles. The van der Waals surface area contributed by atoms with Crippen LogP contribution in [0.4, 0.5) is 5.69 Å². The number of aliphatic carboxylic acids is 1. The van der Waals surface area contributed by atoms with Crippen LogP contribution < -0.4 is 30.2 Å². The molecule has 7 rings (SSSR count). The highest BCUT2D eigenvalue weighted by atomic mass is 32.2. The van der Waals surface area contributed by atoms with Crippen molar-refractivity contribution in [1.29, 1.82) is 0 Å². The van der Waals surface area contributed by atoms with Gasteiger partial charge >= 0.3 is 11.9 Å². The number of rotatable bonds is 26. The third-order valence-electron chi connectivity index (χ3n) is 15.3. The summed E-state index contributed by atoms with van der Waals surface area (Å²) < 4.78 is 49.2. The number of piperidine rings is 1. The van der Waals surface area contributed by atoms with Crippen LogP contribution in [0, 0.1) is 17.3 Å². The van der Waals surface area contributed by atoms with Crippen LogP contribution >= 0.6 is 11.8 Å². The number of hydrogen-bond acceptors (Lipinski definition) is 17. The second kappa shape index (κ2) is 26.2. The molecule has 0 aromatic heterocycles. The summed E-state index contributed by atoms with van der Waals surface area (Å²) in [7, 11) is -0.989. The molecule has 4 amide bonds. The van der Waals surface area contributed by atoms with Crippen LogP contribution in [0.5, 0.6) is 17.2 Å². The molecule has 4 heterocycles. The second-order valence-electron chi connectivity index (χ2n) is 21.2. The number of ether oxygens (including phenoxy) is 4. The van der Waals surface area contributed by atoms with Crippen molar-refractivity contribution < 1.29 is 75.9 Å². The molecule has 23 heteroatoms. The highest BCUT2D eigenvalue weighted by Crippen LogP contribution is 2.52. The number of carbonyl (C=O) groups excluding carboxylic acids is 7. The fourth-order valence-electron chi connectivity index (χ4n) is 10.4. The molecule has 432 valence electrons. The first-order valence-electron chi connectivity index (χ1n) is 26.8. The number of aliphatic hydroxyl groups excluding tert-OH is 1. The molecule has 3 aromatic rings. The largest absolute Gasteiger partial charge is 0.493 e. The molecule has 21 nitrogen and oxygen atoms in total. The minimum Gasteiger partial charge on any atom is -0.493 e. The zero-order chi connectivity index (χ0) is 58.2. The summed E-state index contributed by atoms with van der Waals surface area (Å²) in [5.74, 6) is -6.58. The lowest BCUT2D eigenvalue weighted by molar-refractivity contribution is -0.164. The third kappa shape index (κ3) is 14.2. The Balaban J connectivity index is 0.905. The standard InChI is InChI=1S/C57H71N5O16S2/c1-8-57(4,5)51(66)54(69)61-23-10-9-17-41(61)56(72)78-43(20-18-34-19-21-44(75-6)45(25-34)76-7)36-14-12-16-38(27-36)77-30-46(65)58-22-24-80(73,74)31-42(64)35-13-11-15-37(26-35)60-52(67)40-28-39(29-59-40)79-50-32(2)48-47(33(3)63)53(68)62(48)49(50)55(70)71/h11-16,19,21,25-27,32-33,39-41,43,47-48,59,63H,8-10,17-18,20,22-24,28-31H2,1-7H3,(H,58,65)(H,60,67)(H,70,71)/t32-,33-,39+,40+,41+,43-,47-,48-/m1/s1. The Bertz CT molecular complexity index is 3020. The monoisotopic (exact) mass is 1150 g/mol. The Morgan fingerprint density at radius 1 is 0.963 bits per heavy atom. The maximum Gasteiger partial charge on any atom is 0.353 e. The van der Waals surface area contributed by atoms with Crippen LogP contribution in [0.2, 0.25) is 0 Å². The summed E-state index contributed by atoms with van der Waals surface area (Å²) in [6.07, 6.45) is 1.27. The summed E-state index contributed by atoms with van der Waals surface area (Å²) in [6.45, 7) is 8.32. The van der Waals surface area contributed by atoms with Gasteiger partial charge in [-0.3, -0.25) is 28.8 Å². The molecule has 0 unspecified atom stereocenters. The van der Waals surface area contributed by atoms with E-state index in [2.05, 4.69) is 16.0 Å². The van der Waals surface area contributed by atoms with E-state index in [9.17, 15) is 57.0 Å². The number of anilines is 1. The number of carbonyl (C=O) groups is 8. The molecule has 3 aromatic carbocycles. The summed E-state index contributed by atoms with van der Waals surface area (Å²) in [6, 6.07) is 15.8. The van der Waals surface area contributed by atoms with Gasteiger partial charge in [-0.1, -0.05) is 58.0 Å². The average molecular weight is 1150 g/mol. The molecule has 5 N–H and O–H groups in total. The van der Waals surface area contributed by atoms with E-state index in [0.717, 1.165) is 5.56 Å². The Morgan fingerprint density at radius 3 is 2.40 bits per heavy atom. The summed E-state index contributed by atoms with van der Waals surface area (Å²) in [4.78, 5) is 109. The Labute approximate surface area is 469 Å². The normalized spacial score (nSPS) is 21.6. The van der Waals surface area contributed by atoms with Crippen LogP contribution in [0.25, 0.3) is 0 Å². The molecule has 4 aliphatic heterocycles. The number of thioether (sulfide) groups is 1. The number of aliphatic hydroxyl groups is 1. The minimum atomic E-state index is -4.04. The zero-order valence-corrected chi connectivity index (χ0v) is 47.6. The van der Waals surface area contributed by atoms with Crippen molar-refractivity contribution in [3.8, 4) is 17.2 Å². The smallest absolute Gasteiger partial charge is 0.353 e. The van der Waals surface area contributed by atoms with Crippen LogP contribution in [-0.2, 0) is 54.6 Å². The Hall–Kier alpha value is -6.82. The Kier molecular flexibility index (Phi) is 19.9. The summed E-state index contributed by atoms with van der Waals surface area (Å²) in [5.41, 5.74) is 0.656. The van der Waals surface area contributed by atoms with Crippen LogP contribution in [0.3, 0.4) is 0 Å². The quantitative estimate of drug-likeness (QED) is 0.0316. The molecular weight excluding hydrogens is 1070 g/mol. The van der Waals surface area contributed by atoms with E-state index in [-0.39, 0.29) is 53.4 Å². The van der Waals surface area contributed by atoms with E-state index in [4.69, 9.17) is 18.9 Å². The summed E-state index contributed by atoms with van der Waals surface area (Å²) in [5, 5.41) is 28.4. The fourth-order valence-corrected chi connectivity index (χ4v) is 13.0. The molecule has 4 aliphatic rings. The lowest BCUT2D eigenvalue weighted by Gasteiger charge is -2.46. The van der Waals surface area contributed by atoms with Crippen LogP contribution in [0.1, 0.15) is 101 Å².